The van der Waals surface area contributed by atoms with Gasteiger partial charge in [0.2, 0.25) is 0 Å². The van der Waals surface area contributed by atoms with Gasteiger partial charge < -0.3 is 15.2 Å². The minimum absolute atomic E-state index is 0.0239. The second kappa shape index (κ2) is 6.99. The Labute approximate surface area is 150 Å². The number of hydrogen-bond acceptors (Lipinski definition) is 5. The summed E-state index contributed by atoms with van der Waals surface area (Å²) in [6.45, 7) is 0.315. The first kappa shape index (κ1) is 18.8. The number of carbonyl (C=O) groups is 2. The highest BCUT2D eigenvalue weighted by Crippen LogP contribution is 2.33. The van der Waals surface area contributed by atoms with Crippen LogP contribution in [-0.4, -0.2) is 50.7 Å². The normalized spacial score (nSPS) is 19.8. The fraction of sp³-hybridized carbons (Fsp3) is 0.375. The molecule has 1 amide bonds. The average molecular weight is 384 g/mol. The Kier molecular flexibility index (Phi) is 4.87. The molecule has 8 nitrogen and oxygen atoms in total. The molecular formula is C16H15F3N4O4. The molecule has 1 aromatic carbocycles. The van der Waals surface area contributed by atoms with Crippen LogP contribution >= 0.6 is 0 Å². The van der Waals surface area contributed by atoms with Gasteiger partial charge in [0.15, 0.2) is 5.69 Å². The van der Waals surface area contributed by atoms with Crippen molar-refractivity contribution in [2.24, 2.45) is 0 Å². The summed E-state index contributed by atoms with van der Waals surface area (Å²) in [4.78, 5) is 23.5. The zero-order valence-corrected chi connectivity index (χ0v) is 13.9. The van der Waals surface area contributed by atoms with E-state index in [0.717, 1.165) is 16.9 Å². The van der Waals surface area contributed by atoms with Crippen molar-refractivity contribution in [1.29, 1.82) is 0 Å². The number of halogens is 3. The highest BCUT2D eigenvalue weighted by molar-refractivity contribution is 5.93. The van der Waals surface area contributed by atoms with Gasteiger partial charge in [-0.1, -0.05) is 17.3 Å². The van der Waals surface area contributed by atoms with E-state index in [4.69, 9.17) is 9.84 Å². The van der Waals surface area contributed by atoms with E-state index in [2.05, 4.69) is 15.6 Å². The van der Waals surface area contributed by atoms with Crippen LogP contribution in [0.3, 0.4) is 0 Å². The Morgan fingerprint density at radius 2 is 2.07 bits per heavy atom. The molecule has 0 spiro atoms. The van der Waals surface area contributed by atoms with E-state index < -0.39 is 29.2 Å². The third-order valence-electron chi connectivity index (χ3n) is 4.15. The van der Waals surface area contributed by atoms with Crippen LogP contribution in [0.15, 0.2) is 30.5 Å². The van der Waals surface area contributed by atoms with Gasteiger partial charge in [0.05, 0.1) is 36.0 Å². The summed E-state index contributed by atoms with van der Waals surface area (Å²) >= 11 is 0. The summed E-state index contributed by atoms with van der Waals surface area (Å²) in [5.41, 5.74) is -2.52. The van der Waals surface area contributed by atoms with E-state index in [1.807, 2.05) is 0 Å². The Bertz CT molecular complexity index is 859. The van der Waals surface area contributed by atoms with Crippen molar-refractivity contribution >= 4 is 11.9 Å². The molecule has 144 valence electrons. The summed E-state index contributed by atoms with van der Waals surface area (Å²) in [6, 6.07) is 4.75. The minimum atomic E-state index is -4.60. The number of rotatable bonds is 5. The Balaban J connectivity index is 1.84. The second-order valence-corrected chi connectivity index (χ2v) is 6.17. The van der Waals surface area contributed by atoms with Crippen molar-refractivity contribution in [2.75, 3.05) is 13.2 Å². The van der Waals surface area contributed by atoms with E-state index in [1.54, 1.807) is 0 Å². The molecule has 2 aromatic rings. The number of ether oxygens (including phenoxy) is 1. The van der Waals surface area contributed by atoms with Crippen LogP contribution in [-0.2, 0) is 15.7 Å². The highest BCUT2D eigenvalue weighted by atomic mass is 19.4. The lowest BCUT2D eigenvalue weighted by Crippen LogP contribution is -2.50. The van der Waals surface area contributed by atoms with E-state index in [-0.39, 0.29) is 24.4 Å². The van der Waals surface area contributed by atoms with Gasteiger partial charge >= 0.3 is 12.1 Å². The van der Waals surface area contributed by atoms with Crippen molar-refractivity contribution in [3.63, 3.8) is 0 Å². The topological polar surface area (TPSA) is 106 Å². The first-order chi connectivity index (χ1) is 12.7. The number of carboxylic acid groups (broad SMARTS) is 1. The lowest BCUT2D eigenvalue weighted by molar-refractivity contribution is -0.139. The molecule has 27 heavy (non-hydrogen) atoms. The predicted molar refractivity (Wildman–Crippen MR) is 84.2 cm³/mol. The molecule has 1 aromatic heterocycles. The number of amides is 1. The van der Waals surface area contributed by atoms with Gasteiger partial charge in [-0.05, 0) is 18.6 Å². The van der Waals surface area contributed by atoms with E-state index in [9.17, 15) is 22.8 Å². The summed E-state index contributed by atoms with van der Waals surface area (Å²) in [5.74, 6) is -1.85. The minimum Gasteiger partial charge on any atom is -0.481 e. The number of hydrogen-bond donors (Lipinski definition) is 2. The van der Waals surface area contributed by atoms with Gasteiger partial charge in [-0.15, -0.1) is 5.10 Å². The fourth-order valence-electron chi connectivity index (χ4n) is 2.88. The van der Waals surface area contributed by atoms with Crippen LogP contribution in [0.4, 0.5) is 13.2 Å². The lowest BCUT2D eigenvalue weighted by Gasteiger charge is -2.26. The highest BCUT2D eigenvalue weighted by Gasteiger charge is 2.39. The third-order valence-corrected chi connectivity index (χ3v) is 4.15. The quantitative estimate of drug-likeness (QED) is 0.812. The Morgan fingerprint density at radius 1 is 1.33 bits per heavy atom. The predicted octanol–water partition coefficient (Wildman–Crippen LogP) is 1.65. The molecule has 2 heterocycles. The maximum absolute atomic E-state index is 13.1. The van der Waals surface area contributed by atoms with Gasteiger partial charge in [-0.25, -0.2) is 4.68 Å². The lowest BCUT2D eigenvalue weighted by atomic mass is 9.94. The molecule has 0 aliphatic carbocycles. The van der Waals surface area contributed by atoms with Crippen LogP contribution in [0.2, 0.25) is 0 Å². The number of alkyl halides is 3. The summed E-state index contributed by atoms with van der Waals surface area (Å²) < 4.78 is 45.4. The monoisotopic (exact) mass is 384 g/mol. The summed E-state index contributed by atoms with van der Waals surface area (Å²) in [5, 5.41) is 18.8. The Morgan fingerprint density at radius 3 is 2.70 bits per heavy atom. The number of aliphatic carboxylic acids is 1. The molecular weight excluding hydrogens is 369 g/mol. The van der Waals surface area contributed by atoms with Gasteiger partial charge in [0.25, 0.3) is 5.91 Å². The zero-order valence-electron chi connectivity index (χ0n) is 13.9. The van der Waals surface area contributed by atoms with Crippen molar-refractivity contribution in [3.8, 4) is 5.69 Å². The van der Waals surface area contributed by atoms with Crippen LogP contribution < -0.4 is 5.32 Å². The van der Waals surface area contributed by atoms with Gasteiger partial charge in [0, 0.05) is 6.61 Å². The first-order valence-corrected chi connectivity index (χ1v) is 7.91. The fourth-order valence-corrected chi connectivity index (χ4v) is 2.88. The molecule has 1 aliphatic rings. The molecule has 1 unspecified atom stereocenters. The molecule has 1 aliphatic heterocycles. The maximum atomic E-state index is 13.1. The standard InChI is InChI=1S/C16H15F3N4O4/c17-16(18,19)10-3-1-2-4-12(10)23-8-11(21-22-23)14(26)20-15(7-13(24)25)5-6-27-9-15/h1-4,8H,5-7,9H2,(H,20,26)(H,24,25). The number of nitrogens with zero attached hydrogens (tertiary/aromatic N) is 3. The zero-order chi connectivity index (χ0) is 19.7. The number of para-hydroxylation sites is 1. The molecule has 0 radical (unpaired) electrons. The average Bonchev–Trinajstić information content (AvgIpc) is 3.23. The second-order valence-electron chi connectivity index (χ2n) is 6.17. The number of carbonyl (C=O) groups excluding carboxylic acids is 1. The van der Waals surface area contributed by atoms with Crippen LogP contribution in [0.5, 0.6) is 0 Å². The van der Waals surface area contributed by atoms with Gasteiger partial charge in [-0.2, -0.15) is 13.2 Å². The number of benzene rings is 1. The van der Waals surface area contributed by atoms with E-state index in [1.165, 1.54) is 18.2 Å². The molecule has 3 rings (SSSR count). The van der Waals surface area contributed by atoms with Crippen LogP contribution in [0.25, 0.3) is 5.69 Å². The van der Waals surface area contributed by atoms with Crippen LogP contribution in [0, 0.1) is 0 Å². The van der Waals surface area contributed by atoms with Crippen molar-refractivity contribution in [1.82, 2.24) is 20.3 Å². The van der Waals surface area contributed by atoms with E-state index >= 15 is 0 Å². The molecule has 1 fully saturated rings. The summed E-state index contributed by atoms with van der Waals surface area (Å²) in [6.07, 6.45) is -3.58. The largest absolute Gasteiger partial charge is 0.481 e. The van der Waals surface area contributed by atoms with E-state index in [0.29, 0.717) is 13.0 Å². The maximum Gasteiger partial charge on any atom is 0.418 e. The molecule has 0 saturated carbocycles. The molecule has 11 heteroatoms. The smallest absolute Gasteiger partial charge is 0.418 e. The SMILES string of the molecule is O=C(O)CC1(NC(=O)c2cn(-c3ccccc3C(F)(F)F)nn2)CCOC1. The van der Waals surface area contributed by atoms with Crippen molar-refractivity contribution < 1.29 is 32.6 Å². The first-order valence-electron chi connectivity index (χ1n) is 7.91. The van der Waals surface area contributed by atoms with Crippen molar-refractivity contribution in [2.45, 2.75) is 24.6 Å². The van der Waals surface area contributed by atoms with Crippen LogP contribution in [0.1, 0.15) is 28.9 Å². The number of aromatic nitrogens is 3. The Hall–Kier alpha value is -2.95. The number of carboxylic acids is 1. The summed E-state index contributed by atoms with van der Waals surface area (Å²) in [7, 11) is 0. The molecule has 1 atom stereocenters. The molecule has 2 N–H and O–H groups in total. The third kappa shape index (κ3) is 4.08. The van der Waals surface area contributed by atoms with Gasteiger partial charge in [-0.3, -0.25) is 9.59 Å². The number of nitrogens with one attached hydrogen (secondary N) is 1. The molecule has 1 saturated heterocycles. The molecule has 0 bridgehead atoms. The van der Waals surface area contributed by atoms with Gasteiger partial charge in [0.1, 0.15) is 0 Å². The van der Waals surface area contributed by atoms with Crippen molar-refractivity contribution in [3.05, 3.63) is 41.7 Å².